The van der Waals surface area contributed by atoms with Gasteiger partial charge in [0, 0.05) is 29.4 Å². The normalized spacial score (nSPS) is 22.5. The Balaban J connectivity index is 2.33. The highest BCUT2D eigenvalue weighted by atomic mass is 32.2. The van der Waals surface area contributed by atoms with Gasteiger partial charge in [0.2, 0.25) is 0 Å². The Morgan fingerprint density at radius 1 is 1.43 bits per heavy atom. The molecule has 0 bridgehead atoms. The molecule has 21 heavy (non-hydrogen) atoms. The second-order valence-corrected chi connectivity index (χ2v) is 10.00. The van der Waals surface area contributed by atoms with Gasteiger partial charge in [-0.2, -0.15) is 0 Å². The molecule has 120 valence electrons. The Hall–Kier alpha value is -0.660. The topological polar surface area (TPSA) is 62.3 Å². The van der Waals surface area contributed by atoms with Crippen LogP contribution in [0.3, 0.4) is 0 Å². The van der Waals surface area contributed by atoms with E-state index in [0.29, 0.717) is 6.54 Å². The van der Waals surface area contributed by atoms with Crippen molar-refractivity contribution in [2.75, 3.05) is 30.0 Å². The zero-order valence-corrected chi connectivity index (χ0v) is 15.1. The standard InChI is InChI=1S/C14H25N3O2S2/c1-10-9-21(18,19)7-6-17(10)13-16-12(14(2,3)4)11(20-13)8-15-5/h10,15H,6-9H2,1-5H3. The quantitative estimate of drug-likeness (QED) is 0.915. The molecule has 1 unspecified atom stereocenters. The van der Waals surface area contributed by atoms with Gasteiger partial charge in [-0.1, -0.05) is 20.8 Å². The second-order valence-electron chi connectivity index (χ2n) is 6.71. The summed E-state index contributed by atoms with van der Waals surface area (Å²) in [5.74, 6) is 0.446. The summed E-state index contributed by atoms with van der Waals surface area (Å²) in [6.07, 6.45) is 0. The van der Waals surface area contributed by atoms with Crippen LogP contribution < -0.4 is 10.2 Å². The minimum absolute atomic E-state index is 0.00790. The largest absolute Gasteiger partial charge is 0.343 e. The third-order valence-corrected chi connectivity index (χ3v) is 6.54. The number of rotatable bonds is 3. The van der Waals surface area contributed by atoms with Crippen molar-refractivity contribution in [3.8, 4) is 0 Å². The molecule has 1 aromatic rings. The van der Waals surface area contributed by atoms with Crippen molar-refractivity contribution < 1.29 is 8.42 Å². The van der Waals surface area contributed by atoms with Crippen LogP contribution in [0.4, 0.5) is 5.13 Å². The molecule has 1 saturated heterocycles. The Bertz CT molecular complexity index is 602. The number of sulfone groups is 1. The molecule has 5 nitrogen and oxygen atoms in total. The van der Waals surface area contributed by atoms with Crippen molar-refractivity contribution in [1.29, 1.82) is 0 Å². The molecule has 2 rings (SSSR count). The summed E-state index contributed by atoms with van der Waals surface area (Å²) in [5.41, 5.74) is 1.10. The molecule has 1 atom stereocenters. The lowest BCUT2D eigenvalue weighted by molar-refractivity contribution is 0.555. The predicted octanol–water partition coefficient (Wildman–Crippen LogP) is 1.78. The van der Waals surface area contributed by atoms with Crippen molar-refractivity contribution in [1.82, 2.24) is 10.3 Å². The van der Waals surface area contributed by atoms with E-state index in [1.807, 2.05) is 14.0 Å². The van der Waals surface area contributed by atoms with Gasteiger partial charge in [-0.3, -0.25) is 0 Å². The van der Waals surface area contributed by atoms with Crippen LogP contribution in [-0.4, -0.2) is 44.5 Å². The lowest BCUT2D eigenvalue weighted by atomic mass is 9.91. The van der Waals surface area contributed by atoms with Crippen LogP contribution in [0.2, 0.25) is 0 Å². The molecule has 1 aliphatic rings. The van der Waals surface area contributed by atoms with E-state index in [2.05, 4.69) is 31.0 Å². The number of hydrogen-bond acceptors (Lipinski definition) is 6. The first-order chi connectivity index (χ1) is 9.64. The fraction of sp³-hybridized carbons (Fsp3) is 0.786. The van der Waals surface area contributed by atoms with Gasteiger partial charge >= 0.3 is 0 Å². The zero-order chi connectivity index (χ0) is 15.8. The van der Waals surface area contributed by atoms with E-state index in [1.54, 1.807) is 11.3 Å². The summed E-state index contributed by atoms with van der Waals surface area (Å²) in [4.78, 5) is 8.21. The number of thiazole rings is 1. The van der Waals surface area contributed by atoms with E-state index in [1.165, 1.54) is 4.88 Å². The molecule has 0 radical (unpaired) electrons. The highest BCUT2D eigenvalue weighted by molar-refractivity contribution is 7.91. The molecular formula is C14H25N3O2S2. The molecule has 1 fully saturated rings. The van der Waals surface area contributed by atoms with Gasteiger partial charge < -0.3 is 10.2 Å². The molecule has 0 aliphatic carbocycles. The van der Waals surface area contributed by atoms with E-state index in [0.717, 1.165) is 17.4 Å². The summed E-state index contributed by atoms with van der Waals surface area (Å²) in [6, 6.07) is -0.00912. The molecule has 0 spiro atoms. The van der Waals surface area contributed by atoms with Crippen LogP contribution >= 0.6 is 11.3 Å². The van der Waals surface area contributed by atoms with Crippen molar-refractivity contribution in [3.05, 3.63) is 10.6 Å². The minimum Gasteiger partial charge on any atom is -0.343 e. The number of anilines is 1. The van der Waals surface area contributed by atoms with Gasteiger partial charge in [-0.25, -0.2) is 13.4 Å². The molecule has 7 heteroatoms. The molecule has 2 heterocycles. The number of hydrogen-bond donors (Lipinski definition) is 1. The molecule has 1 aromatic heterocycles. The van der Waals surface area contributed by atoms with Crippen LogP contribution in [0.5, 0.6) is 0 Å². The summed E-state index contributed by atoms with van der Waals surface area (Å²) in [6.45, 7) is 9.79. The first-order valence-electron chi connectivity index (χ1n) is 7.26. The zero-order valence-electron chi connectivity index (χ0n) is 13.4. The van der Waals surface area contributed by atoms with Crippen LogP contribution in [-0.2, 0) is 21.8 Å². The van der Waals surface area contributed by atoms with Crippen molar-refractivity contribution in [2.45, 2.75) is 45.7 Å². The average Bonchev–Trinajstić information content (AvgIpc) is 2.72. The van der Waals surface area contributed by atoms with Crippen molar-refractivity contribution in [2.24, 2.45) is 0 Å². The minimum atomic E-state index is -2.89. The summed E-state index contributed by atoms with van der Waals surface area (Å²) in [5, 5.41) is 4.14. The summed E-state index contributed by atoms with van der Waals surface area (Å²) in [7, 11) is -0.959. The van der Waals surface area contributed by atoms with Crippen LogP contribution in [0, 0.1) is 0 Å². The van der Waals surface area contributed by atoms with Crippen LogP contribution in [0.25, 0.3) is 0 Å². The van der Waals surface area contributed by atoms with Gasteiger partial charge in [0.15, 0.2) is 15.0 Å². The van der Waals surface area contributed by atoms with Gasteiger partial charge in [-0.15, -0.1) is 11.3 Å². The molecule has 1 aliphatic heterocycles. The SMILES string of the molecule is CNCc1sc(N2CCS(=O)(=O)CC2C)nc1C(C)(C)C. The van der Waals surface area contributed by atoms with E-state index in [9.17, 15) is 8.42 Å². The predicted molar refractivity (Wildman–Crippen MR) is 89.0 cm³/mol. The Morgan fingerprint density at radius 3 is 2.62 bits per heavy atom. The van der Waals surface area contributed by atoms with E-state index >= 15 is 0 Å². The molecular weight excluding hydrogens is 306 g/mol. The molecule has 0 aromatic carbocycles. The maximum Gasteiger partial charge on any atom is 0.186 e. The summed E-state index contributed by atoms with van der Waals surface area (Å²) >= 11 is 1.68. The fourth-order valence-electron chi connectivity index (χ4n) is 2.61. The number of nitrogens with zero attached hydrogens (tertiary/aromatic N) is 2. The van der Waals surface area contributed by atoms with Gasteiger partial charge in [0.1, 0.15) is 0 Å². The smallest absolute Gasteiger partial charge is 0.186 e. The monoisotopic (exact) mass is 331 g/mol. The Labute approximate surface area is 131 Å². The Kier molecular flexibility index (Phi) is 4.66. The first kappa shape index (κ1) is 16.7. The highest BCUT2D eigenvalue weighted by Crippen LogP contribution is 2.35. The third kappa shape index (κ3) is 3.76. The van der Waals surface area contributed by atoms with Crippen LogP contribution in [0.15, 0.2) is 0 Å². The molecule has 0 saturated carbocycles. The fourth-order valence-corrected chi connectivity index (χ4v) is 5.58. The highest BCUT2D eigenvalue weighted by Gasteiger charge is 2.32. The Morgan fingerprint density at radius 2 is 2.10 bits per heavy atom. The van der Waals surface area contributed by atoms with Crippen LogP contribution in [0.1, 0.15) is 38.3 Å². The second kappa shape index (κ2) is 5.85. The van der Waals surface area contributed by atoms with Gasteiger partial charge in [-0.05, 0) is 14.0 Å². The number of aromatic nitrogens is 1. The maximum absolute atomic E-state index is 11.7. The third-order valence-electron chi connectivity index (χ3n) is 3.65. The molecule has 0 amide bonds. The van der Waals surface area contributed by atoms with E-state index in [-0.39, 0.29) is 23.0 Å². The summed E-state index contributed by atoms with van der Waals surface area (Å²) < 4.78 is 23.4. The lowest BCUT2D eigenvalue weighted by Crippen LogP contribution is -2.47. The average molecular weight is 332 g/mol. The molecule has 1 N–H and O–H groups in total. The first-order valence-corrected chi connectivity index (χ1v) is 9.89. The van der Waals surface area contributed by atoms with Gasteiger partial charge in [0.05, 0.1) is 17.2 Å². The number of nitrogens with one attached hydrogen (secondary N) is 1. The van der Waals surface area contributed by atoms with E-state index < -0.39 is 9.84 Å². The van der Waals surface area contributed by atoms with Crippen molar-refractivity contribution >= 4 is 26.3 Å². The maximum atomic E-state index is 11.7. The van der Waals surface area contributed by atoms with E-state index in [4.69, 9.17) is 4.98 Å². The van der Waals surface area contributed by atoms with Crippen molar-refractivity contribution in [3.63, 3.8) is 0 Å². The lowest BCUT2D eigenvalue weighted by Gasteiger charge is -2.32. The van der Waals surface area contributed by atoms with Gasteiger partial charge in [0.25, 0.3) is 0 Å².